The Bertz CT molecular complexity index is 1330. The number of ether oxygens (including phenoxy) is 2. The van der Waals surface area contributed by atoms with E-state index in [0.717, 1.165) is 29.7 Å². The number of halogens is 4. The number of aryl methyl sites for hydroxylation is 1. The molecule has 2 heterocycles. The van der Waals surface area contributed by atoms with Crippen LogP contribution in [0.4, 0.5) is 22.4 Å². The monoisotopic (exact) mass is 571 g/mol. The average Bonchev–Trinajstić information content (AvgIpc) is 2.83. The molecule has 214 valence electrons. The van der Waals surface area contributed by atoms with Crippen molar-refractivity contribution in [1.82, 2.24) is 4.90 Å². The van der Waals surface area contributed by atoms with Gasteiger partial charge in [0.05, 0.1) is 17.9 Å². The fourth-order valence-electron chi connectivity index (χ4n) is 4.90. The zero-order valence-electron chi connectivity index (χ0n) is 22.2. The molecular formula is C28H33F4NO5S. The lowest BCUT2D eigenvalue weighted by atomic mass is 9.82. The fourth-order valence-corrected chi connectivity index (χ4v) is 6.30. The lowest BCUT2D eigenvalue weighted by molar-refractivity contribution is -0.129. The average molecular weight is 572 g/mol. The van der Waals surface area contributed by atoms with Crippen LogP contribution in [0.5, 0.6) is 5.75 Å². The molecular weight excluding hydrogens is 538 g/mol. The minimum absolute atomic E-state index is 0.165. The fraction of sp³-hybridized carbons (Fsp3) is 0.536. The van der Waals surface area contributed by atoms with E-state index in [1.807, 2.05) is 32.9 Å². The third-order valence-corrected chi connectivity index (χ3v) is 8.60. The zero-order chi connectivity index (χ0) is 28.6. The summed E-state index contributed by atoms with van der Waals surface area (Å²) < 4.78 is 87.9. The van der Waals surface area contributed by atoms with Gasteiger partial charge in [0.2, 0.25) is 0 Å². The maximum Gasteiger partial charge on any atom is 0.410 e. The first-order valence-electron chi connectivity index (χ1n) is 12.9. The second-order valence-electron chi connectivity index (χ2n) is 11.3. The third-order valence-electron chi connectivity index (χ3n) is 7.02. The number of carbonyl (C=O) groups excluding carboxylic acids is 1. The van der Waals surface area contributed by atoms with E-state index in [2.05, 4.69) is 0 Å². The van der Waals surface area contributed by atoms with Gasteiger partial charge in [0, 0.05) is 31.5 Å². The van der Waals surface area contributed by atoms with Crippen LogP contribution in [0, 0.1) is 5.82 Å². The smallest absolute Gasteiger partial charge is 0.410 e. The second kappa shape index (κ2) is 10.6. The Labute approximate surface area is 226 Å². The number of alkyl halides is 3. The van der Waals surface area contributed by atoms with Crippen LogP contribution >= 0.6 is 0 Å². The first-order chi connectivity index (χ1) is 18.0. The van der Waals surface area contributed by atoms with Gasteiger partial charge in [0.1, 0.15) is 22.8 Å². The van der Waals surface area contributed by atoms with Crippen molar-refractivity contribution in [1.29, 1.82) is 0 Å². The Balaban J connectivity index is 1.41. The van der Waals surface area contributed by atoms with Crippen molar-refractivity contribution < 1.29 is 40.2 Å². The number of fused-ring (bicyclic) bond motifs is 1. The molecule has 0 N–H and O–H groups in total. The Morgan fingerprint density at radius 3 is 2.28 bits per heavy atom. The summed E-state index contributed by atoms with van der Waals surface area (Å²) in [6, 6.07) is 9.61. The number of likely N-dealkylation sites (tertiary alicyclic amines) is 1. The van der Waals surface area contributed by atoms with Crippen molar-refractivity contribution in [2.75, 3.05) is 18.8 Å². The van der Waals surface area contributed by atoms with Crippen molar-refractivity contribution >= 4 is 15.9 Å². The van der Waals surface area contributed by atoms with E-state index in [-0.39, 0.29) is 17.3 Å². The predicted molar refractivity (Wildman–Crippen MR) is 139 cm³/mol. The first kappa shape index (κ1) is 29.2. The van der Waals surface area contributed by atoms with Gasteiger partial charge < -0.3 is 14.4 Å². The molecule has 6 nitrogen and oxygen atoms in total. The molecule has 1 amide bonds. The quantitative estimate of drug-likeness (QED) is 0.386. The molecule has 2 aliphatic rings. The van der Waals surface area contributed by atoms with Crippen LogP contribution in [0.15, 0.2) is 36.4 Å². The molecule has 0 radical (unpaired) electrons. The summed E-state index contributed by atoms with van der Waals surface area (Å²) in [6.45, 7) is 6.59. The maximum atomic E-state index is 14.7. The number of benzene rings is 2. The topological polar surface area (TPSA) is 72.9 Å². The number of amides is 1. The number of sulfone groups is 1. The van der Waals surface area contributed by atoms with Crippen LogP contribution in [-0.2, 0) is 26.7 Å². The van der Waals surface area contributed by atoms with Gasteiger partial charge in [0.25, 0.3) is 0 Å². The Kier molecular flexibility index (Phi) is 7.95. The Hall–Kier alpha value is -2.82. The number of piperidine rings is 1. The van der Waals surface area contributed by atoms with Crippen molar-refractivity contribution in [3.8, 4) is 16.9 Å². The van der Waals surface area contributed by atoms with E-state index in [1.165, 1.54) is 12.1 Å². The molecule has 1 fully saturated rings. The third kappa shape index (κ3) is 7.64. The number of hydrogen-bond donors (Lipinski definition) is 0. The van der Waals surface area contributed by atoms with Crippen molar-refractivity contribution in [2.24, 2.45) is 0 Å². The summed E-state index contributed by atoms with van der Waals surface area (Å²) in [7, 11) is -4.12. The summed E-state index contributed by atoms with van der Waals surface area (Å²) in [5.74, 6) is -1.92. The molecule has 0 aliphatic carbocycles. The molecule has 11 heteroatoms. The largest absolute Gasteiger partial charge is 0.487 e. The van der Waals surface area contributed by atoms with Gasteiger partial charge in [-0.05, 0) is 68.5 Å². The van der Waals surface area contributed by atoms with E-state index >= 15 is 0 Å². The van der Waals surface area contributed by atoms with Gasteiger partial charge in [-0.15, -0.1) is 0 Å². The summed E-state index contributed by atoms with van der Waals surface area (Å²) in [5.41, 5.74) is 1.13. The molecule has 4 rings (SSSR count). The van der Waals surface area contributed by atoms with E-state index in [1.54, 1.807) is 17.0 Å². The molecule has 39 heavy (non-hydrogen) atoms. The highest BCUT2D eigenvalue weighted by Gasteiger charge is 2.41. The highest BCUT2D eigenvalue weighted by Crippen LogP contribution is 2.41. The molecule has 2 aromatic rings. The van der Waals surface area contributed by atoms with Gasteiger partial charge >= 0.3 is 12.3 Å². The van der Waals surface area contributed by atoms with Gasteiger partial charge in [-0.3, -0.25) is 0 Å². The Morgan fingerprint density at radius 2 is 1.67 bits per heavy atom. The van der Waals surface area contributed by atoms with Crippen LogP contribution in [-0.4, -0.2) is 55.6 Å². The second-order valence-corrected chi connectivity index (χ2v) is 13.5. The minimum atomic E-state index is -4.59. The lowest BCUT2D eigenvalue weighted by Crippen LogP contribution is -2.52. The summed E-state index contributed by atoms with van der Waals surface area (Å²) >= 11 is 0. The highest BCUT2D eigenvalue weighted by molar-refractivity contribution is 7.90. The number of hydrogen-bond acceptors (Lipinski definition) is 5. The molecule has 0 bridgehead atoms. The van der Waals surface area contributed by atoms with Crippen molar-refractivity contribution in [2.45, 2.75) is 76.0 Å². The molecule has 0 saturated carbocycles. The summed E-state index contributed by atoms with van der Waals surface area (Å²) in [5, 5.41) is 0. The van der Waals surface area contributed by atoms with Gasteiger partial charge in [-0.25, -0.2) is 17.6 Å². The van der Waals surface area contributed by atoms with Crippen LogP contribution in [0.25, 0.3) is 11.1 Å². The van der Waals surface area contributed by atoms with Gasteiger partial charge in [-0.2, -0.15) is 13.2 Å². The first-order valence-corrected chi connectivity index (χ1v) is 14.7. The van der Waals surface area contributed by atoms with Crippen molar-refractivity contribution in [3.05, 3.63) is 53.3 Å². The summed E-state index contributed by atoms with van der Waals surface area (Å²) in [4.78, 5) is 14.1. The number of rotatable bonds is 5. The normalized spacial score (nSPS) is 17.5. The van der Waals surface area contributed by atoms with E-state index in [9.17, 15) is 30.8 Å². The molecule has 2 aromatic carbocycles. The molecule has 0 unspecified atom stereocenters. The van der Waals surface area contributed by atoms with Crippen LogP contribution in [0.2, 0.25) is 0 Å². The molecule has 0 atom stereocenters. The lowest BCUT2D eigenvalue weighted by Gasteiger charge is -2.44. The maximum absolute atomic E-state index is 14.7. The zero-order valence-corrected chi connectivity index (χ0v) is 23.1. The molecule has 0 aromatic heterocycles. The van der Waals surface area contributed by atoms with Crippen LogP contribution in [0.3, 0.4) is 0 Å². The molecule has 1 saturated heterocycles. The number of carbonyl (C=O) groups is 1. The van der Waals surface area contributed by atoms with E-state index in [4.69, 9.17) is 9.47 Å². The standard InChI is InChI=1S/C28H33F4NO5S/c1-26(2,3)38-25(34)33-13-10-27(11-14-33)9-8-21-16-19(6-7-24(21)37-27)20-4-5-22(23(29)17-20)18-39(35,36)15-12-28(30,31)32/h4-7,16-17H,8-15,18H2,1-3H3. The summed E-state index contributed by atoms with van der Waals surface area (Å²) in [6.07, 6.45) is -3.49. The molecule has 1 spiro atoms. The Morgan fingerprint density at radius 1 is 1.03 bits per heavy atom. The van der Waals surface area contributed by atoms with Crippen molar-refractivity contribution in [3.63, 3.8) is 0 Å². The van der Waals surface area contributed by atoms with E-state index < -0.39 is 45.4 Å². The van der Waals surface area contributed by atoms with Gasteiger partial charge in [0.15, 0.2) is 9.84 Å². The molecule has 2 aliphatic heterocycles. The van der Waals surface area contributed by atoms with Crippen LogP contribution in [0.1, 0.15) is 57.6 Å². The minimum Gasteiger partial charge on any atom is -0.487 e. The predicted octanol–water partition coefficient (Wildman–Crippen LogP) is 6.45. The van der Waals surface area contributed by atoms with Crippen LogP contribution < -0.4 is 4.74 Å². The number of nitrogens with zero attached hydrogens (tertiary/aromatic N) is 1. The highest BCUT2D eigenvalue weighted by atomic mass is 32.2. The van der Waals surface area contributed by atoms with E-state index in [0.29, 0.717) is 31.5 Å². The van der Waals surface area contributed by atoms with Gasteiger partial charge in [-0.1, -0.05) is 18.2 Å². The SMILES string of the molecule is CC(C)(C)OC(=O)N1CCC2(CCc3cc(-c4ccc(CS(=O)(=O)CCC(F)(F)F)c(F)c4)ccc3O2)CC1.